The molecule has 6 nitrogen and oxygen atoms in total. The fourth-order valence-electron chi connectivity index (χ4n) is 2.85. The summed E-state index contributed by atoms with van der Waals surface area (Å²) in [6.07, 6.45) is 0. The molecular weight excluding hydrogens is 372 g/mol. The Morgan fingerprint density at radius 1 is 1.14 bits per heavy atom. The first-order chi connectivity index (χ1) is 13.5. The SMILES string of the molecule is COc1ccccc1-n1c(CNc2cccc(C)c2C)nnc1SCC(C)=O. The summed E-state index contributed by atoms with van der Waals surface area (Å²) in [5.41, 5.74) is 4.34. The van der Waals surface area contributed by atoms with E-state index in [0.29, 0.717) is 17.5 Å². The molecule has 0 aliphatic carbocycles. The van der Waals surface area contributed by atoms with Crippen LogP contribution in [0, 0.1) is 13.8 Å². The molecule has 146 valence electrons. The number of nitrogens with one attached hydrogen (secondary N) is 1. The molecule has 1 heterocycles. The third kappa shape index (κ3) is 4.36. The van der Waals surface area contributed by atoms with Crippen LogP contribution in [0.5, 0.6) is 5.75 Å². The predicted octanol–water partition coefficient (Wildman–Crippen LogP) is 4.19. The smallest absolute Gasteiger partial charge is 0.196 e. The van der Waals surface area contributed by atoms with Crippen LogP contribution >= 0.6 is 11.8 Å². The maximum atomic E-state index is 11.5. The Morgan fingerprint density at radius 3 is 2.68 bits per heavy atom. The Morgan fingerprint density at radius 2 is 1.93 bits per heavy atom. The number of aromatic nitrogens is 3. The second-order valence-corrected chi connectivity index (χ2v) is 7.44. The van der Waals surface area contributed by atoms with E-state index in [4.69, 9.17) is 4.74 Å². The molecule has 0 aliphatic rings. The van der Waals surface area contributed by atoms with Crippen LogP contribution in [0.2, 0.25) is 0 Å². The summed E-state index contributed by atoms with van der Waals surface area (Å²) >= 11 is 1.37. The molecule has 0 atom stereocenters. The lowest BCUT2D eigenvalue weighted by atomic mass is 10.1. The van der Waals surface area contributed by atoms with Crippen LogP contribution in [-0.2, 0) is 11.3 Å². The monoisotopic (exact) mass is 396 g/mol. The van der Waals surface area contributed by atoms with Crippen LogP contribution in [0.25, 0.3) is 5.69 Å². The second kappa shape index (κ2) is 8.93. The Labute approximate surface area is 169 Å². The number of hydrogen-bond donors (Lipinski definition) is 1. The van der Waals surface area contributed by atoms with Gasteiger partial charge in [-0.05, 0) is 50.1 Å². The van der Waals surface area contributed by atoms with E-state index in [-0.39, 0.29) is 5.78 Å². The number of thioether (sulfide) groups is 1. The fraction of sp³-hybridized carbons (Fsp3) is 0.286. The van der Waals surface area contributed by atoms with Crippen LogP contribution in [0.1, 0.15) is 23.9 Å². The number of ether oxygens (including phenoxy) is 1. The van der Waals surface area contributed by atoms with Gasteiger partial charge < -0.3 is 10.1 Å². The molecule has 0 saturated heterocycles. The molecule has 3 aromatic rings. The van der Waals surface area contributed by atoms with Crippen LogP contribution in [0.4, 0.5) is 5.69 Å². The van der Waals surface area contributed by atoms with E-state index < -0.39 is 0 Å². The number of carbonyl (C=O) groups is 1. The Bertz CT molecular complexity index is 984. The number of para-hydroxylation sites is 2. The van der Waals surface area contributed by atoms with Crippen LogP contribution in [0.15, 0.2) is 47.6 Å². The van der Waals surface area contributed by atoms with Gasteiger partial charge in [-0.2, -0.15) is 0 Å². The summed E-state index contributed by atoms with van der Waals surface area (Å²) in [6.45, 7) is 6.25. The van der Waals surface area contributed by atoms with E-state index >= 15 is 0 Å². The molecular formula is C21H24N4O2S. The van der Waals surface area contributed by atoms with Crippen molar-refractivity contribution in [3.8, 4) is 11.4 Å². The van der Waals surface area contributed by atoms with Crippen molar-refractivity contribution < 1.29 is 9.53 Å². The normalized spacial score (nSPS) is 10.7. The molecule has 7 heteroatoms. The third-order valence-electron chi connectivity index (χ3n) is 4.47. The first-order valence-corrected chi connectivity index (χ1v) is 9.99. The van der Waals surface area contributed by atoms with Crippen molar-refractivity contribution in [1.82, 2.24) is 14.8 Å². The number of rotatable bonds is 8. The van der Waals surface area contributed by atoms with Gasteiger partial charge in [0.2, 0.25) is 0 Å². The average molecular weight is 397 g/mol. The minimum atomic E-state index is 0.0923. The Balaban J connectivity index is 1.96. The van der Waals surface area contributed by atoms with Crippen LogP contribution in [0.3, 0.4) is 0 Å². The average Bonchev–Trinajstić information content (AvgIpc) is 3.10. The summed E-state index contributed by atoms with van der Waals surface area (Å²) in [7, 11) is 1.64. The fourth-order valence-corrected chi connectivity index (χ4v) is 3.61. The lowest BCUT2D eigenvalue weighted by Gasteiger charge is -2.15. The number of ketones is 1. The molecule has 2 aromatic carbocycles. The molecule has 0 radical (unpaired) electrons. The number of benzene rings is 2. The van der Waals surface area contributed by atoms with Crippen molar-refractivity contribution >= 4 is 23.2 Å². The van der Waals surface area contributed by atoms with E-state index in [9.17, 15) is 4.79 Å². The van der Waals surface area contributed by atoms with Gasteiger partial charge in [-0.15, -0.1) is 10.2 Å². The van der Waals surface area contributed by atoms with Gasteiger partial charge in [0.25, 0.3) is 0 Å². The quantitative estimate of drug-likeness (QED) is 0.576. The van der Waals surface area contributed by atoms with Crippen molar-refractivity contribution in [3.05, 3.63) is 59.4 Å². The zero-order valence-electron chi connectivity index (χ0n) is 16.5. The molecule has 0 amide bonds. The molecule has 0 aliphatic heterocycles. The van der Waals surface area contributed by atoms with Crippen LogP contribution < -0.4 is 10.1 Å². The zero-order valence-corrected chi connectivity index (χ0v) is 17.3. The number of hydrogen-bond acceptors (Lipinski definition) is 6. The van der Waals surface area contributed by atoms with Gasteiger partial charge in [-0.25, -0.2) is 0 Å². The first-order valence-electron chi connectivity index (χ1n) is 9.01. The number of anilines is 1. The number of carbonyl (C=O) groups excluding carboxylic acids is 1. The molecule has 0 unspecified atom stereocenters. The first kappa shape index (κ1) is 19.9. The highest BCUT2D eigenvalue weighted by atomic mass is 32.2. The molecule has 0 spiro atoms. The lowest BCUT2D eigenvalue weighted by molar-refractivity contribution is -0.114. The molecule has 0 saturated carbocycles. The van der Waals surface area contributed by atoms with E-state index in [1.165, 1.54) is 22.9 Å². The number of Topliss-reactive ketones (excluding diaryl/α,β-unsaturated/α-hetero) is 1. The molecule has 0 bridgehead atoms. The molecule has 3 rings (SSSR count). The zero-order chi connectivity index (χ0) is 20.1. The standard InChI is InChI=1S/C21H24N4O2S/c1-14-8-7-9-17(16(14)3)22-12-20-23-24-21(28-13-15(2)26)25(20)18-10-5-6-11-19(18)27-4/h5-11,22H,12-13H2,1-4H3. The topological polar surface area (TPSA) is 69.0 Å². The van der Waals surface area contributed by atoms with Crippen molar-refractivity contribution in [2.75, 3.05) is 18.2 Å². The molecule has 28 heavy (non-hydrogen) atoms. The number of methoxy groups -OCH3 is 1. The minimum absolute atomic E-state index is 0.0923. The lowest BCUT2D eigenvalue weighted by Crippen LogP contribution is -2.10. The molecule has 0 fully saturated rings. The second-order valence-electron chi connectivity index (χ2n) is 6.50. The highest BCUT2D eigenvalue weighted by Gasteiger charge is 2.18. The summed E-state index contributed by atoms with van der Waals surface area (Å²) in [6, 6.07) is 13.9. The van der Waals surface area contributed by atoms with Gasteiger partial charge in [0.05, 0.1) is 25.1 Å². The number of aryl methyl sites for hydroxylation is 1. The van der Waals surface area contributed by atoms with Gasteiger partial charge in [-0.3, -0.25) is 9.36 Å². The van der Waals surface area contributed by atoms with Gasteiger partial charge in [-0.1, -0.05) is 36.0 Å². The molecule has 1 aromatic heterocycles. The van der Waals surface area contributed by atoms with E-state index in [2.05, 4.69) is 41.5 Å². The summed E-state index contributed by atoms with van der Waals surface area (Å²) in [4.78, 5) is 11.5. The summed E-state index contributed by atoms with van der Waals surface area (Å²) in [5.74, 6) is 1.91. The van der Waals surface area contributed by atoms with Crippen molar-refractivity contribution in [3.63, 3.8) is 0 Å². The van der Waals surface area contributed by atoms with Gasteiger partial charge >= 0.3 is 0 Å². The Hall–Kier alpha value is -2.80. The van der Waals surface area contributed by atoms with Crippen molar-refractivity contribution in [2.24, 2.45) is 0 Å². The third-order valence-corrected chi connectivity index (χ3v) is 5.55. The van der Waals surface area contributed by atoms with Gasteiger partial charge in [0, 0.05) is 5.69 Å². The van der Waals surface area contributed by atoms with Crippen molar-refractivity contribution in [2.45, 2.75) is 32.5 Å². The van der Waals surface area contributed by atoms with Gasteiger partial charge in [0.1, 0.15) is 11.5 Å². The van der Waals surface area contributed by atoms with Crippen molar-refractivity contribution in [1.29, 1.82) is 0 Å². The Kier molecular flexibility index (Phi) is 6.36. The highest BCUT2D eigenvalue weighted by molar-refractivity contribution is 7.99. The van der Waals surface area contributed by atoms with E-state index in [0.717, 1.165) is 22.9 Å². The predicted molar refractivity (Wildman–Crippen MR) is 113 cm³/mol. The van der Waals surface area contributed by atoms with Gasteiger partial charge in [0.15, 0.2) is 11.0 Å². The van der Waals surface area contributed by atoms with E-state index in [1.807, 2.05) is 34.9 Å². The highest BCUT2D eigenvalue weighted by Crippen LogP contribution is 2.29. The van der Waals surface area contributed by atoms with E-state index in [1.54, 1.807) is 14.0 Å². The largest absolute Gasteiger partial charge is 0.495 e. The minimum Gasteiger partial charge on any atom is -0.495 e. The molecule has 1 N–H and O–H groups in total. The van der Waals surface area contributed by atoms with Crippen LogP contribution in [-0.4, -0.2) is 33.4 Å². The maximum Gasteiger partial charge on any atom is 0.196 e. The number of nitrogens with zero attached hydrogens (tertiary/aromatic N) is 3. The summed E-state index contributed by atoms with van der Waals surface area (Å²) in [5, 5.41) is 12.8. The summed E-state index contributed by atoms with van der Waals surface area (Å²) < 4.78 is 7.48. The maximum absolute atomic E-state index is 11.5.